The minimum absolute atomic E-state index is 0.0850. The van der Waals surface area contributed by atoms with Crippen LogP contribution in [-0.2, 0) is 0 Å². The topological polar surface area (TPSA) is 32.5 Å². The van der Waals surface area contributed by atoms with E-state index in [1.807, 2.05) is 6.92 Å². The fourth-order valence-electron chi connectivity index (χ4n) is 2.33. The molecule has 1 fully saturated rings. The summed E-state index contributed by atoms with van der Waals surface area (Å²) in [7, 11) is 2.19. The summed E-state index contributed by atoms with van der Waals surface area (Å²) in [4.78, 5) is 4.85. The predicted molar refractivity (Wildman–Crippen MR) is 81.0 cm³/mol. The maximum atomic E-state index is 5.91. The molecule has 0 amide bonds. The van der Waals surface area contributed by atoms with Crippen LogP contribution in [0.4, 0.5) is 5.69 Å². The molecule has 2 rings (SSSR count). The van der Waals surface area contributed by atoms with Crippen molar-refractivity contribution in [2.75, 3.05) is 31.6 Å². The van der Waals surface area contributed by atoms with Crippen LogP contribution in [0, 0.1) is 0 Å². The molecule has 0 saturated carbocycles. The van der Waals surface area contributed by atoms with Crippen molar-refractivity contribution in [3.05, 3.63) is 28.2 Å². The van der Waals surface area contributed by atoms with E-state index in [2.05, 4.69) is 57.9 Å². The van der Waals surface area contributed by atoms with Gasteiger partial charge in [0.1, 0.15) is 0 Å². The lowest BCUT2D eigenvalue weighted by molar-refractivity contribution is 0.234. The molecule has 1 aliphatic heterocycles. The fraction of sp³-hybridized carbons (Fsp3) is 0.571. The molecule has 1 aliphatic rings. The van der Waals surface area contributed by atoms with Crippen LogP contribution in [0.2, 0.25) is 0 Å². The summed E-state index contributed by atoms with van der Waals surface area (Å²) < 4.78 is 1.15. The average Bonchev–Trinajstić information content (AvgIpc) is 2.32. The Morgan fingerprint density at radius 2 is 2.11 bits per heavy atom. The summed E-state index contributed by atoms with van der Waals surface area (Å²) in [6.07, 6.45) is 0. The van der Waals surface area contributed by atoms with E-state index in [0.29, 0.717) is 6.04 Å². The number of rotatable bonds is 2. The molecule has 2 atom stereocenters. The third kappa shape index (κ3) is 2.87. The average molecular weight is 312 g/mol. The maximum absolute atomic E-state index is 5.91. The molecule has 0 aromatic heterocycles. The van der Waals surface area contributed by atoms with Crippen molar-refractivity contribution in [2.45, 2.75) is 25.9 Å². The predicted octanol–water partition coefficient (Wildman–Crippen LogP) is 2.61. The number of benzene rings is 1. The number of nitrogens with two attached hydrogens (primary N) is 1. The van der Waals surface area contributed by atoms with E-state index in [1.165, 1.54) is 11.3 Å². The molecule has 18 heavy (non-hydrogen) atoms. The minimum Gasteiger partial charge on any atom is -0.368 e. The molecule has 1 heterocycles. The van der Waals surface area contributed by atoms with E-state index in [9.17, 15) is 0 Å². The van der Waals surface area contributed by atoms with Crippen molar-refractivity contribution in [1.29, 1.82) is 0 Å². The van der Waals surface area contributed by atoms with Crippen LogP contribution >= 0.6 is 15.9 Å². The van der Waals surface area contributed by atoms with Gasteiger partial charge in [0, 0.05) is 36.2 Å². The van der Waals surface area contributed by atoms with Gasteiger partial charge in [-0.15, -0.1) is 0 Å². The van der Waals surface area contributed by atoms with Gasteiger partial charge in [-0.1, -0.05) is 6.07 Å². The SMILES string of the molecule is CC(N)c1ccc(N2CCN(C)C(C)C2)c(Br)c1. The third-order valence-electron chi connectivity index (χ3n) is 3.80. The van der Waals surface area contributed by atoms with Crippen molar-refractivity contribution < 1.29 is 0 Å². The smallest absolute Gasteiger partial charge is 0.0511 e. The van der Waals surface area contributed by atoms with Crippen molar-refractivity contribution >= 4 is 21.6 Å². The Kier molecular flexibility index (Phi) is 4.30. The monoisotopic (exact) mass is 311 g/mol. The van der Waals surface area contributed by atoms with E-state index in [0.717, 1.165) is 24.1 Å². The van der Waals surface area contributed by atoms with Crippen molar-refractivity contribution in [1.82, 2.24) is 4.90 Å². The minimum atomic E-state index is 0.0850. The molecular formula is C14H22BrN3. The van der Waals surface area contributed by atoms with Gasteiger partial charge in [0.15, 0.2) is 0 Å². The van der Waals surface area contributed by atoms with Crippen LogP contribution in [0.5, 0.6) is 0 Å². The standard InChI is InChI=1S/C14H22BrN3/c1-10-9-18(7-6-17(10)3)14-5-4-12(11(2)16)8-13(14)15/h4-5,8,10-11H,6-7,9,16H2,1-3H3. The molecule has 4 heteroatoms. The lowest BCUT2D eigenvalue weighted by Gasteiger charge is -2.39. The Balaban J connectivity index is 2.19. The molecule has 0 radical (unpaired) electrons. The zero-order valence-corrected chi connectivity index (χ0v) is 12.9. The molecule has 2 unspecified atom stereocenters. The highest BCUT2D eigenvalue weighted by molar-refractivity contribution is 9.10. The number of nitrogens with zero attached hydrogens (tertiary/aromatic N) is 2. The van der Waals surface area contributed by atoms with Crippen molar-refractivity contribution in [3.8, 4) is 0 Å². The van der Waals surface area contributed by atoms with Gasteiger partial charge in [-0.2, -0.15) is 0 Å². The molecule has 0 bridgehead atoms. The van der Waals surface area contributed by atoms with E-state index in [4.69, 9.17) is 5.73 Å². The first kappa shape index (κ1) is 13.8. The lowest BCUT2D eigenvalue weighted by Crippen LogP contribution is -2.50. The van der Waals surface area contributed by atoms with Crippen LogP contribution < -0.4 is 10.6 Å². The number of anilines is 1. The zero-order chi connectivity index (χ0) is 13.3. The number of piperazine rings is 1. The highest BCUT2D eigenvalue weighted by Crippen LogP contribution is 2.30. The van der Waals surface area contributed by atoms with Gasteiger partial charge in [-0.25, -0.2) is 0 Å². The summed E-state index contributed by atoms with van der Waals surface area (Å²) in [6, 6.07) is 7.14. The van der Waals surface area contributed by atoms with Crippen LogP contribution in [0.25, 0.3) is 0 Å². The largest absolute Gasteiger partial charge is 0.368 e. The molecule has 2 N–H and O–H groups in total. The number of hydrogen-bond donors (Lipinski definition) is 1. The maximum Gasteiger partial charge on any atom is 0.0511 e. The quantitative estimate of drug-likeness (QED) is 0.911. The molecule has 1 aromatic rings. The molecule has 100 valence electrons. The first-order chi connectivity index (χ1) is 8.49. The van der Waals surface area contributed by atoms with Gasteiger partial charge in [-0.05, 0) is 54.5 Å². The second kappa shape index (κ2) is 5.59. The number of likely N-dealkylation sites (N-methyl/N-ethyl adjacent to an activating group) is 1. The molecule has 1 aromatic carbocycles. The van der Waals surface area contributed by atoms with E-state index >= 15 is 0 Å². The number of halogens is 1. The lowest BCUT2D eigenvalue weighted by atomic mass is 10.1. The Bertz CT molecular complexity index is 420. The Morgan fingerprint density at radius 1 is 1.39 bits per heavy atom. The summed E-state index contributed by atoms with van der Waals surface area (Å²) in [6.45, 7) is 7.56. The Labute approximate surface area is 118 Å². The highest BCUT2D eigenvalue weighted by Gasteiger charge is 2.22. The molecule has 0 spiro atoms. The van der Waals surface area contributed by atoms with Gasteiger partial charge in [-0.3, -0.25) is 0 Å². The van der Waals surface area contributed by atoms with Gasteiger partial charge < -0.3 is 15.5 Å². The van der Waals surface area contributed by atoms with Gasteiger partial charge >= 0.3 is 0 Å². The van der Waals surface area contributed by atoms with Crippen molar-refractivity contribution in [3.63, 3.8) is 0 Å². The van der Waals surface area contributed by atoms with Crippen LogP contribution in [0.3, 0.4) is 0 Å². The number of hydrogen-bond acceptors (Lipinski definition) is 3. The van der Waals surface area contributed by atoms with Crippen LogP contribution in [0.1, 0.15) is 25.5 Å². The van der Waals surface area contributed by atoms with Gasteiger partial charge in [0.2, 0.25) is 0 Å². The van der Waals surface area contributed by atoms with E-state index in [-0.39, 0.29) is 6.04 Å². The molecular weight excluding hydrogens is 290 g/mol. The van der Waals surface area contributed by atoms with Crippen LogP contribution in [-0.4, -0.2) is 37.6 Å². The molecule has 0 aliphatic carbocycles. The van der Waals surface area contributed by atoms with Crippen LogP contribution in [0.15, 0.2) is 22.7 Å². The van der Waals surface area contributed by atoms with E-state index < -0.39 is 0 Å². The Hall–Kier alpha value is -0.580. The normalized spacial score (nSPS) is 23.2. The summed E-state index contributed by atoms with van der Waals surface area (Å²) in [5.41, 5.74) is 8.36. The van der Waals surface area contributed by atoms with E-state index in [1.54, 1.807) is 0 Å². The van der Waals surface area contributed by atoms with Gasteiger partial charge in [0.25, 0.3) is 0 Å². The van der Waals surface area contributed by atoms with Crippen molar-refractivity contribution in [2.24, 2.45) is 5.73 Å². The second-order valence-electron chi connectivity index (χ2n) is 5.28. The zero-order valence-electron chi connectivity index (χ0n) is 11.4. The van der Waals surface area contributed by atoms with Gasteiger partial charge in [0.05, 0.1) is 5.69 Å². The first-order valence-electron chi connectivity index (χ1n) is 6.49. The first-order valence-corrected chi connectivity index (χ1v) is 7.28. The Morgan fingerprint density at radius 3 is 2.67 bits per heavy atom. The third-order valence-corrected chi connectivity index (χ3v) is 4.43. The summed E-state index contributed by atoms with van der Waals surface area (Å²) in [5, 5.41) is 0. The summed E-state index contributed by atoms with van der Waals surface area (Å²) in [5.74, 6) is 0. The highest BCUT2D eigenvalue weighted by atomic mass is 79.9. The fourth-order valence-corrected chi connectivity index (χ4v) is 2.98. The molecule has 1 saturated heterocycles. The summed E-state index contributed by atoms with van der Waals surface area (Å²) >= 11 is 3.68. The second-order valence-corrected chi connectivity index (χ2v) is 6.13. The molecule has 3 nitrogen and oxygen atoms in total.